The van der Waals surface area contributed by atoms with E-state index in [-0.39, 0.29) is 21.9 Å². The summed E-state index contributed by atoms with van der Waals surface area (Å²) < 4.78 is 72.1. The monoisotopic (exact) mass is 403 g/mol. The summed E-state index contributed by atoms with van der Waals surface area (Å²) in [5.41, 5.74) is 1.31. The number of ether oxygens (including phenoxy) is 2. The molecule has 0 saturated carbocycles. The Labute approximate surface area is 153 Å². The minimum Gasteiger partial charge on any atom is -0.496 e. The van der Waals surface area contributed by atoms with Crippen LogP contribution in [0, 0.1) is 12.7 Å². The molecule has 0 fully saturated rings. The van der Waals surface area contributed by atoms with Crippen LogP contribution in [0.4, 0.5) is 17.6 Å². The third-order valence-corrected chi connectivity index (χ3v) is 4.86. The maximum atomic E-state index is 13.8. The number of methoxy groups -OCH3 is 1. The first kappa shape index (κ1) is 19.1. The van der Waals surface area contributed by atoms with E-state index >= 15 is 0 Å². The van der Waals surface area contributed by atoms with E-state index in [9.17, 15) is 21.8 Å². The number of benzene rings is 1. The lowest BCUT2D eigenvalue weighted by Crippen LogP contribution is -2.17. The van der Waals surface area contributed by atoms with Crippen LogP contribution < -0.4 is 9.47 Å². The Bertz CT molecular complexity index is 1020. The van der Waals surface area contributed by atoms with Gasteiger partial charge in [-0.25, -0.2) is 9.37 Å². The number of aromatic nitrogens is 3. The summed E-state index contributed by atoms with van der Waals surface area (Å²) in [4.78, 5) is 10.8. The average Bonchev–Trinajstić information content (AvgIpc) is 2.98. The summed E-state index contributed by atoms with van der Waals surface area (Å²) >= 11 is 0. The van der Waals surface area contributed by atoms with Gasteiger partial charge in [0.05, 0.1) is 40.4 Å². The van der Waals surface area contributed by atoms with E-state index in [0.29, 0.717) is 17.0 Å². The first-order valence-corrected chi connectivity index (χ1v) is 8.81. The Balaban J connectivity index is 1.90. The summed E-state index contributed by atoms with van der Waals surface area (Å²) in [5, 5.41) is -0.0161. The fraction of sp³-hybridized carbons (Fsp3) is 0.250. The molecule has 144 valence electrons. The number of pyridine rings is 1. The highest BCUT2D eigenvalue weighted by Gasteiger charge is 2.32. The normalized spacial score (nSPS) is 13.0. The van der Waals surface area contributed by atoms with Crippen LogP contribution in [0.5, 0.6) is 11.5 Å². The molecule has 2 heterocycles. The lowest BCUT2D eigenvalue weighted by Gasteiger charge is -2.09. The minimum atomic E-state index is -5.04. The highest BCUT2D eigenvalue weighted by atomic mass is 32.2. The molecule has 0 aliphatic rings. The molecule has 0 radical (unpaired) electrons. The van der Waals surface area contributed by atoms with Gasteiger partial charge in [0.1, 0.15) is 5.75 Å². The lowest BCUT2D eigenvalue weighted by atomic mass is 10.2. The van der Waals surface area contributed by atoms with Crippen molar-refractivity contribution < 1.29 is 31.2 Å². The van der Waals surface area contributed by atoms with E-state index < -0.39 is 28.7 Å². The van der Waals surface area contributed by atoms with Gasteiger partial charge in [0.25, 0.3) is 0 Å². The van der Waals surface area contributed by atoms with Crippen molar-refractivity contribution in [1.29, 1.82) is 0 Å². The molecule has 27 heavy (non-hydrogen) atoms. The van der Waals surface area contributed by atoms with Crippen molar-refractivity contribution in [3.8, 4) is 11.5 Å². The van der Waals surface area contributed by atoms with Gasteiger partial charge in [-0.2, -0.15) is 0 Å². The van der Waals surface area contributed by atoms with Gasteiger partial charge in [-0.05, 0) is 13.0 Å². The zero-order valence-electron chi connectivity index (χ0n) is 14.1. The number of alkyl halides is 3. The zero-order valence-corrected chi connectivity index (χ0v) is 14.9. The largest absolute Gasteiger partial charge is 0.573 e. The molecule has 2 aromatic heterocycles. The van der Waals surface area contributed by atoms with Crippen molar-refractivity contribution in [3.05, 3.63) is 41.5 Å². The van der Waals surface area contributed by atoms with Crippen LogP contribution in [-0.4, -0.2) is 32.6 Å². The number of aromatic amines is 1. The molecule has 0 amide bonds. The number of rotatable bonds is 5. The SMILES string of the molecule is COc1ccnc(CS(=O)c2nc3cc(OC(F)(F)F)c(F)cc3[nH]2)c1C. The average molecular weight is 403 g/mol. The summed E-state index contributed by atoms with van der Waals surface area (Å²) in [6.45, 7) is 1.76. The molecular weight excluding hydrogens is 390 g/mol. The molecule has 0 saturated heterocycles. The number of hydrogen-bond acceptors (Lipinski definition) is 5. The predicted molar refractivity (Wildman–Crippen MR) is 88.4 cm³/mol. The van der Waals surface area contributed by atoms with Gasteiger partial charge < -0.3 is 14.5 Å². The highest BCUT2D eigenvalue weighted by molar-refractivity contribution is 7.84. The van der Waals surface area contributed by atoms with Crippen LogP contribution in [0.2, 0.25) is 0 Å². The fourth-order valence-electron chi connectivity index (χ4n) is 2.42. The summed E-state index contributed by atoms with van der Waals surface area (Å²) in [6, 6.07) is 3.26. The van der Waals surface area contributed by atoms with Gasteiger partial charge in [-0.1, -0.05) is 0 Å². The van der Waals surface area contributed by atoms with Crippen molar-refractivity contribution in [2.45, 2.75) is 24.2 Å². The topological polar surface area (TPSA) is 77.1 Å². The van der Waals surface area contributed by atoms with E-state index in [1.54, 1.807) is 13.0 Å². The molecule has 1 aromatic carbocycles. The maximum absolute atomic E-state index is 13.8. The molecule has 0 bridgehead atoms. The predicted octanol–water partition coefficient (Wildman–Crippen LogP) is 3.62. The van der Waals surface area contributed by atoms with Crippen LogP contribution in [-0.2, 0) is 16.6 Å². The molecule has 6 nitrogen and oxygen atoms in total. The molecule has 3 aromatic rings. The number of H-pyrrole nitrogens is 1. The van der Waals surface area contributed by atoms with Crippen LogP contribution in [0.3, 0.4) is 0 Å². The van der Waals surface area contributed by atoms with E-state index in [2.05, 4.69) is 19.7 Å². The van der Waals surface area contributed by atoms with Gasteiger partial charge >= 0.3 is 6.36 Å². The second-order valence-corrected chi connectivity index (χ2v) is 6.83. The summed E-state index contributed by atoms with van der Waals surface area (Å²) in [6.07, 6.45) is -3.53. The Morgan fingerprint density at radius 1 is 1.26 bits per heavy atom. The van der Waals surface area contributed by atoms with E-state index in [0.717, 1.165) is 12.1 Å². The Morgan fingerprint density at radius 3 is 2.67 bits per heavy atom. The third-order valence-electron chi connectivity index (χ3n) is 3.70. The van der Waals surface area contributed by atoms with Crippen molar-refractivity contribution in [1.82, 2.24) is 15.0 Å². The molecule has 0 spiro atoms. The van der Waals surface area contributed by atoms with Crippen LogP contribution in [0.25, 0.3) is 11.0 Å². The number of fused-ring (bicyclic) bond motifs is 1. The van der Waals surface area contributed by atoms with Gasteiger partial charge in [-0.3, -0.25) is 9.19 Å². The summed E-state index contributed by atoms with van der Waals surface area (Å²) in [5.74, 6) is -1.65. The van der Waals surface area contributed by atoms with Gasteiger partial charge in [0.15, 0.2) is 16.7 Å². The maximum Gasteiger partial charge on any atom is 0.573 e. The van der Waals surface area contributed by atoms with Gasteiger partial charge in [0, 0.05) is 23.9 Å². The zero-order chi connectivity index (χ0) is 19.8. The molecule has 11 heteroatoms. The van der Waals surface area contributed by atoms with Crippen LogP contribution in [0.15, 0.2) is 29.6 Å². The highest BCUT2D eigenvalue weighted by Crippen LogP contribution is 2.29. The van der Waals surface area contributed by atoms with Crippen molar-refractivity contribution in [2.24, 2.45) is 0 Å². The Morgan fingerprint density at radius 2 is 2.00 bits per heavy atom. The fourth-order valence-corrected chi connectivity index (χ4v) is 3.52. The van der Waals surface area contributed by atoms with E-state index in [1.807, 2.05) is 0 Å². The van der Waals surface area contributed by atoms with Crippen LogP contribution >= 0.6 is 0 Å². The number of imidazole rings is 1. The second-order valence-electron chi connectivity index (χ2n) is 5.46. The Hall–Kier alpha value is -2.69. The summed E-state index contributed by atoms with van der Waals surface area (Å²) in [7, 11) is -0.193. The number of hydrogen-bond donors (Lipinski definition) is 1. The molecule has 0 aliphatic carbocycles. The molecule has 1 atom stereocenters. The van der Waals surface area contributed by atoms with Gasteiger partial charge in [-0.15, -0.1) is 13.2 Å². The molecule has 0 aliphatic heterocycles. The van der Waals surface area contributed by atoms with Gasteiger partial charge in [0.2, 0.25) is 0 Å². The third kappa shape index (κ3) is 4.18. The van der Waals surface area contributed by atoms with Crippen LogP contribution in [0.1, 0.15) is 11.3 Å². The number of nitrogens with one attached hydrogen (secondary N) is 1. The van der Waals surface area contributed by atoms with E-state index in [4.69, 9.17) is 4.74 Å². The second kappa shape index (κ2) is 7.14. The quantitative estimate of drug-likeness (QED) is 0.659. The minimum absolute atomic E-state index is 0.00273. The standard InChI is InChI=1S/C16H13F4N3O3S/c1-8-12(21-4-3-13(8)25-2)7-27(24)15-22-10-5-9(17)14(6-11(10)23-15)26-16(18,19)20/h3-6H,7H2,1-2H3,(H,22,23). The first-order valence-electron chi connectivity index (χ1n) is 7.50. The Kier molecular flexibility index (Phi) is 5.05. The number of nitrogens with zero attached hydrogens (tertiary/aromatic N) is 2. The van der Waals surface area contributed by atoms with E-state index in [1.165, 1.54) is 13.3 Å². The molecule has 1 unspecified atom stereocenters. The molecular formula is C16H13F4N3O3S. The first-order chi connectivity index (χ1) is 12.7. The lowest BCUT2D eigenvalue weighted by molar-refractivity contribution is -0.275. The molecule has 3 rings (SSSR count). The molecule has 1 N–H and O–H groups in total. The number of halogens is 4. The van der Waals surface area contributed by atoms with Crippen molar-refractivity contribution in [2.75, 3.05) is 7.11 Å². The smallest absolute Gasteiger partial charge is 0.496 e. The van der Waals surface area contributed by atoms with Crippen molar-refractivity contribution >= 4 is 21.8 Å². The van der Waals surface area contributed by atoms with Crippen molar-refractivity contribution in [3.63, 3.8) is 0 Å².